The van der Waals surface area contributed by atoms with Gasteiger partial charge < -0.3 is 15.8 Å². The molecule has 1 aliphatic rings. The molecular weight excluding hydrogens is 344 g/mol. The lowest BCUT2D eigenvalue weighted by Crippen LogP contribution is -2.58. The van der Waals surface area contributed by atoms with Crippen LogP contribution in [0, 0.1) is 0 Å². The summed E-state index contributed by atoms with van der Waals surface area (Å²) in [5.41, 5.74) is 5.27. The minimum absolute atomic E-state index is 0.361. The topological polar surface area (TPSA) is 64.3 Å². The van der Waals surface area contributed by atoms with Crippen LogP contribution in [0.25, 0.3) is 0 Å². The Bertz CT molecular complexity index is 536. The lowest BCUT2D eigenvalue weighted by atomic mass is 9.80. The molecule has 0 bridgehead atoms. The standard InChI is InChI=1S/C14H18BrClN2O2/c1-13(2)8-14(12(17)19,5-6-20-13)18-9-3-4-11(16)10(15)7-9/h3-4,7,18H,5-6,8H2,1-2H3,(H2,17,19). The first-order valence-electron chi connectivity index (χ1n) is 6.41. The summed E-state index contributed by atoms with van der Waals surface area (Å²) >= 11 is 9.35. The maximum atomic E-state index is 12.0. The molecule has 2 rings (SSSR count). The Morgan fingerprint density at radius 1 is 1.50 bits per heavy atom. The number of hydrogen-bond acceptors (Lipinski definition) is 3. The molecule has 0 aromatic heterocycles. The van der Waals surface area contributed by atoms with Gasteiger partial charge in [-0.15, -0.1) is 0 Å². The molecule has 20 heavy (non-hydrogen) atoms. The van der Waals surface area contributed by atoms with Crippen LogP contribution in [-0.2, 0) is 9.53 Å². The Balaban J connectivity index is 2.29. The van der Waals surface area contributed by atoms with Crippen molar-refractivity contribution in [2.45, 2.75) is 37.8 Å². The van der Waals surface area contributed by atoms with E-state index in [1.54, 1.807) is 6.07 Å². The van der Waals surface area contributed by atoms with Crippen molar-refractivity contribution >= 4 is 39.1 Å². The van der Waals surface area contributed by atoms with Gasteiger partial charge in [0.2, 0.25) is 5.91 Å². The number of benzene rings is 1. The van der Waals surface area contributed by atoms with Crippen molar-refractivity contribution in [1.29, 1.82) is 0 Å². The summed E-state index contributed by atoms with van der Waals surface area (Å²) in [5.74, 6) is -0.361. The highest BCUT2D eigenvalue weighted by Crippen LogP contribution is 2.36. The number of primary amides is 1. The van der Waals surface area contributed by atoms with Crippen LogP contribution >= 0.6 is 27.5 Å². The van der Waals surface area contributed by atoms with Gasteiger partial charge in [0, 0.05) is 23.0 Å². The number of anilines is 1. The van der Waals surface area contributed by atoms with Crippen molar-refractivity contribution in [2.75, 3.05) is 11.9 Å². The molecule has 3 N–H and O–H groups in total. The number of nitrogens with one attached hydrogen (secondary N) is 1. The molecule has 1 saturated heterocycles. The zero-order valence-electron chi connectivity index (χ0n) is 11.5. The van der Waals surface area contributed by atoms with Crippen molar-refractivity contribution in [3.8, 4) is 0 Å². The molecule has 1 aliphatic heterocycles. The summed E-state index contributed by atoms with van der Waals surface area (Å²) in [6.45, 7) is 4.42. The Morgan fingerprint density at radius 2 is 2.20 bits per heavy atom. The highest BCUT2D eigenvalue weighted by molar-refractivity contribution is 9.10. The molecule has 0 spiro atoms. The van der Waals surface area contributed by atoms with Crippen molar-refractivity contribution < 1.29 is 9.53 Å². The highest BCUT2D eigenvalue weighted by atomic mass is 79.9. The fourth-order valence-corrected chi connectivity index (χ4v) is 3.09. The number of carbonyl (C=O) groups is 1. The molecule has 1 fully saturated rings. The summed E-state index contributed by atoms with van der Waals surface area (Å²) in [6, 6.07) is 5.45. The van der Waals surface area contributed by atoms with E-state index in [1.807, 2.05) is 26.0 Å². The van der Waals surface area contributed by atoms with E-state index in [2.05, 4.69) is 21.2 Å². The average molecular weight is 362 g/mol. The van der Waals surface area contributed by atoms with E-state index in [-0.39, 0.29) is 11.5 Å². The maximum absolute atomic E-state index is 12.0. The number of carbonyl (C=O) groups excluding carboxylic acids is 1. The Hall–Kier alpha value is -0.780. The van der Waals surface area contributed by atoms with E-state index < -0.39 is 5.54 Å². The third-order valence-electron chi connectivity index (χ3n) is 3.52. The molecule has 1 aromatic rings. The van der Waals surface area contributed by atoms with Crippen LogP contribution < -0.4 is 11.1 Å². The van der Waals surface area contributed by atoms with Crippen molar-refractivity contribution in [2.24, 2.45) is 5.73 Å². The minimum Gasteiger partial charge on any atom is -0.375 e. The molecule has 0 radical (unpaired) electrons. The summed E-state index contributed by atoms with van der Waals surface area (Å²) in [4.78, 5) is 12.0. The zero-order chi connectivity index (χ0) is 15.0. The molecule has 0 aliphatic carbocycles. The van der Waals surface area contributed by atoms with Gasteiger partial charge in [-0.3, -0.25) is 4.79 Å². The second-order valence-corrected chi connectivity index (χ2v) is 7.00. The van der Waals surface area contributed by atoms with Crippen LogP contribution in [0.2, 0.25) is 5.02 Å². The summed E-state index contributed by atoms with van der Waals surface area (Å²) in [5, 5.41) is 3.90. The maximum Gasteiger partial charge on any atom is 0.243 e. The molecule has 6 heteroatoms. The largest absolute Gasteiger partial charge is 0.375 e. The predicted octanol–water partition coefficient (Wildman–Crippen LogP) is 3.33. The van der Waals surface area contributed by atoms with Crippen molar-refractivity contribution in [1.82, 2.24) is 0 Å². The molecule has 1 unspecified atom stereocenters. The first-order chi connectivity index (χ1) is 9.24. The molecule has 1 heterocycles. The molecule has 1 aromatic carbocycles. The second-order valence-electron chi connectivity index (χ2n) is 5.74. The average Bonchev–Trinajstić information content (AvgIpc) is 2.32. The third-order valence-corrected chi connectivity index (χ3v) is 4.74. The number of hydrogen-bond donors (Lipinski definition) is 2. The van der Waals surface area contributed by atoms with Gasteiger partial charge >= 0.3 is 0 Å². The monoisotopic (exact) mass is 360 g/mol. The molecule has 0 saturated carbocycles. The lowest BCUT2D eigenvalue weighted by Gasteiger charge is -2.43. The second kappa shape index (κ2) is 5.54. The Morgan fingerprint density at radius 3 is 2.75 bits per heavy atom. The van der Waals surface area contributed by atoms with Crippen LogP contribution in [0.5, 0.6) is 0 Å². The van der Waals surface area contributed by atoms with Gasteiger partial charge in [0.05, 0.1) is 17.2 Å². The minimum atomic E-state index is -0.797. The third kappa shape index (κ3) is 3.27. The highest BCUT2D eigenvalue weighted by Gasteiger charge is 2.45. The van der Waals surface area contributed by atoms with Gasteiger partial charge in [-0.25, -0.2) is 0 Å². The van der Waals surface area contributed by atoms with Gasteiger partial charge in [-0.1, -0.05) is 11.6 Å². The molecule has 110 valence electrons. The smallest absolute Gasteiger partial charge is 0.243 e. The molecule has 1 amide bonds. The summed E-state index contributed by atoms with van der Waals surface area (Å²) in [6.07, 6.45) is 1.07. The van der Waals surface area contributed by atoms with Gasteiger partial charge in [-0.05, 0) is 48.0 Å². The first kappa shape index (κ1) is 15.6. The summed E-state index contributed by atoms with van der Waals surface area (Å²) < 4.78 is 6.45. The number of rotatable bonds is 3. The van der Waals surface area contributed by atoms with E-state index in [4.69, 9.17) is 22.1 Å². The van der Waals surface area contributed by atoms with E-state index in [1.165, 1.54) is 0 Å². The van der Waals surface area contributed by atoms with Gasteiger partial charge in [-0.2, -0.15) is 0 Å². The number of ether oxygens (including phenoxy) is 1. The van der Waals surface area contributed by atoms with E-state index in [9.17, 15) is 4.79 Å². The Labute approximate surface area is 132 Å². The zero-order valence-corrected chi connectivity index (χ0v) is 13.8. The van der Waals surface area contributed by atoms with Gasteiger partial charge in [0.25, 0.3) is 0 Å². The summed E-state index contributed by atoms with van der Waals surface area (Å²) in [7, 11) is 0. The normalized spacial score (nSPS) is 25.2. The molecule has 4 nitrogen and oxygen atoms in total. The number of halogens is 2. The van der Waals surface area contributed by atoms with E-state index in [0.717, 1.165) is 10.2 Å². The fraction of sp³-hybridized carbons (Fsp3) is 0.500. The van der Waals surface area contributed by atoms with Crippen LogP contribution in [-0.4, -0.2) is 23.7 Å². The molecule has 1 atom stereocenters. The van der Waals surface area contributed by atoms with Crippen molar-refractivity contribution in [3.63, 3.8) is 0 Å². The SMILES string of the molecule is CC1(C)CC(Nc2ccc(Cl)c(Br)c2)(C(N)=O)CCO1. The number of amides is 1. The van der Waals surface area contributed by atoms with Gasteiger partial charge in [0.1, 0.15) is 5.54 Å². The Kier molecular flexibility index (Phi) is 4.33. The quantitative estimate of drug-likeness (QED) is 0.868. The fourth-order valence-electron chi connectivity index (χ4n) is 2.60. The van der Waals surface area contributed by atoms with Crippen LogP contribution in [0.1, 0.15) is 26.7 Å². The first-order valence-corrected chi connectivity index (χ1v) is 7.58. The van der Waals surface area contributed by atoms with Crippen LogP contribution in [0.3, 0.4) is 0 Å². The lowest BCUT2D eigenvalue weighted by molar-refractivity contribution is -0.133. The van der Waals surface area contributed by atoms with E-state index >= 15 is 0 Å². The van der Waals surface area contributed by atoms with Gasteiger partial charge in [0.15, 0.2) is 0 Å². The van der Waals surface area contributed by atoms with Crippen LogP contribution in [0.4, 0.5) is 5.69 Å². The predicted molar refractivity (Wildman–Crippen MR) is 84.0 cm³/mol. The van der Waals surface area contributed by atoms with E-state index in [0.29, 0.717) is 24.5 Å². The van der Waals surface area contributed by atoms with Crippen molar-refractivity contribution in [3.05, 3.63) is 27.7 Å². The number of nitrogens with two attached hydrogens (primary N) is 1. The van der Waals surface area contributed by atoms with Crippen LogP contribution in [0.15, 0.2) is 22.7 Å². The molecular formula is C14H18BrClN2O2.